The molecule has 0 radical (unpaired) electrons. The molecule has 0 bridgehead atoms. The van der Waals surface area contributed by atoms with Gasteiger partial charge in [0.25, 0.3) is 5.56 Å². The minimum atomic E-state index is -0.416. The summed E-state index contributed by atoms with van der Waals surface area (Å²) in [6.45, 7) is 2.80. The number of para-hydroxylation sites is 1. The standard InChI is InChI=1S/C28H35N3O4/c1-20(30(18-19-34-2)26(32)17-12-21-8-4-5-9-21)27-29-25-11-7-6-10-24(25)28(33)31(27)22-13-15-23(35-3)16-14-22/h6-7,10-11,13-16,20-21H,4-5,8-9,12,17-19H2,1-3H3. The van der Waals surface area contributed by atoms with Crippen molar-refractivity contribution in [3.8, 4) is 11.4 Å². The zero-order valence-electron chi connectivity index (χ0n) is 20.9. The maximum absolute atomic E-state index is 13.7. The number of hydrogen-bond donors (Lipinski definition) is 0. The molecule has 0 N–H and O–H groups in total. The Labute approximate surface area is 206 Å². The Morgan fingerprint density at radius 2 is 1.83 bits per heavy atom. The van der Waals surface area contributed by atoms with Gasteiger partial charge in [0.05, 0.1) is 36.3 Å². The van der Waals surface area contributed by atoms with Crippen LogP contribution in [0.15, 0.2) is 53.3 Å². The molecule has 1 saturated carbocycles. The van der Waals surface area contributed by atoms with Gasteiger partial charge in [-0.3, -0.25) is 14.2 Å². The number of ether oxygens (including phenoxy) is 2. The molecular formula is C28H35N3O4. The summed E-state index contributed by atoms with van der Waals surface area (Å²) in [5.41, 5.74) is 1.14. The molecule has 2 aromatic carbocycles. The SMILES string of the molecule is COCCN(C(=O)CCC1CCCC1)C(C)c1nc2ccccc2c(=O)n1-c1ccc(OC)cc1. The third-order valence-corrected chi connectivity index (χ3v) is 7.07. The summed E-state index contributed by atoms with van der Waals surface area (Å²) in [5, 5.41) is 0.537. The molecule has 7 heteroatoms. The van der Waals surface area contributed by atoms with E-state index in [4.69, 9.17) is 14.5 Å². The molecule has 1 atom stereocenters. The van der Waals surface area contributed by atoms with Crippen LogP contribution < -0.4 is 10.3 Å². The third kappa shape index (κ3) is 5.56. The number of nitrogens with zero attached hydrogens (tertiary/aromatic N) is 3. The number of methoxy groups -OCH3 is 2. The van der Waals surface area contributed by atoms with Gasteiger partial charge in [-0.2, -0.15) is 0 Å². The van der Waals surface area contributed by atoms with E-state index >= 15 is 0 Å². The molecule has 4 rings (SSSR count). The zero-order chi connectivity index (χ0) is 24.8. The average Bonchev–Trinajstić information content (AvgIpc) is 3.41. The highest BCUT2D eigenvalue weighted by Crippen LogP contribution is 2.30. The molecule has 7 nitrogen and oxygen atoms in total. The van der Waals surface area contributed by atoms with Crippen molar-refractivity contribution < 1.29 is 14.3 Å². The maximum atomic E-state index is 13.7. The number of carbonyl (C=O) groups is 1. The average molecular weight is 478 g/mol. The normalized spacial score (nSPS) is 14.8. The van der Waals surface area contributed by atoms with Gasteiger partial charge in [0.1, 0.15) is 11.6 Å². The highest BCUT2D eigenvalue weighted by Gasteiger charge is 2.27. The molecule has 1 unspecified atom stereocenters. The summed E-state index contributed by atoms with van der Waals surface area (Å²) in [6, 6.07) is 14.2. The smallest absolute Gasteiger partial charge is 0.266 e. The third-order valence-electron chi connectivity index (χ3n) is 7.07. The Bertz CT molecular complexity index is 1200. The van der Waals surface area contributed by atoms with E-state index in [0.717, 1.165) is 6.42 Å². The monoisotopic (exact) mass is 477 g/mol. The molecule has 1 aliphatic rings. The van der Waals surface area contributed by atoms with Gasteiger partial charge in [0, 0.05) is 20.1 Å². The molecule has 0 aliphatic heterocycles. The molecule has 1 fully saturated rings. The lowest BCUT2D eigenvalue weighted by Gasteiger charge is -2.31. The molecule has 1 amide bonds. The first-order chi connectivity index (χ1) is 17.0. The van der Waals surface area contributed by atoms with E-state index in [0.29, 0.717) is 53.7 Å². The van der Waals surface area contributed by atoms with Gasteiger partial charge in [-0.1, -0.05) is 37.8 Å². The molecule has 0 spiro atoms. The second-order valence-corrected chi connectivity index (χ2v) is 9.27. The highest BCUT2D eigenvalue weighted by molar-refractivity contribution is 5.79. The van der Waals surface area contributed by atoms with Crippen LogP contribution in [-0.2, 0) is 9.53 Å². The Balaban J connectivity index is 1.75. The van der Waals surface area contributed by atoms with E-state index < -0.39 is 6.04 Å². The number of carbonyl (C=O) groups excluding carboxylic acids is 1. The molecule has 3 aromatic rings. The summed E-state index contributed by atoms with van der Waals surface area (Å²) >= 11 is 0. The molecule has 1 aromatic heterocycles. The fourth-order valence-corrected chi connectivity index (χ4v) is 5.04. The fourth-order valence-electron chi connectivity index (χ4n) is 5.04. The summed E-state index contributed by atoms with van der Waals surface area (Å²) < 4.78 is 12.2. The summed E-state index contributed by atoms with van der Waals surface area (Å²) in [4.78, 5) is 33.8. The van der Waals surface area contributed by atoms with Crippen molar-refractivity contribution in [1.29, 1.82) is 0 Å². The first kappa shape index (κ1) is 24.9. The van der Waals surface area contributed by atoms with Crippen LogP contribution in [0.25, 0.3) is 16.6 Å². The van der Waals surface area contributed by atoms with Gasteiger partial charge in [-0.05, 0) is 55.7 Å². The second-order valence-electron chi connectivity index (χ2n) is 9.27. The van der Waals surface area contributed by atoms with Gasteiger partial charge in [-0.25, -0.2) is 4.98 Å². The molecule has 35 heavy (non-hydrogen) atoms. The van der Waals surface area contributed by atoms with Crippen molar-refractivity contribution in [3.05, 3.63) is 64.7 Å². The fraction of sp³-hybridized carbons (Fsp3) is 0.464. The van der Waals surface area contributed by atoms with E-state index in [1.165, 1.54) is 25.7 Å². The number of hydrogen-bond acceptors (Lipinski definition) is 5. The van der Waals surface area contributed by atoms with E-state index in [9.17, 15) is 9.59 Å². The Morgan fingerprint density at radius 3 is 2.51 bits per heavy atom. The zero-order valence-corrected chi connectivity index (χ0v) is 20.9. The predicted octanol–water partition coefficient (Wildman–Crippen LogP) is 4.90. The quantitative estimate of drug-likeness (QED) is 0.415. The Morgan fingerprint density at radius 1 is 1.11 bits per heavy atom. The van der Waals surface area contributed by atoms with Crippen LogP contribution >= 0.6 is 0 Å². The van der Waals surface area contributed by atoms with Gasteiger partial charge in [0.2, 0.25) is 5.91 Å². The van der Waals surface area contributed by atoms with Crippen LogP contribution in [0.4, 0.5) is 0 Å². The lowest BCUT2D eigenvalue weighted by molar-refractivity contribution is -0.134. The molecule has 186 valence electrons. The topological polar surface area (TPSA) is 73.7 Å². The van der Waals surface area contributed by atoms with Crippen molar-refractivity contribution >= 4 is 16.8 Å². The largest absolute Gasteiger partial charge is 0.497 e. The van der Waals surface area contributed by atoms with E-state index in [-0.39, 0.29) is 11.5 Å². The number of amides is 1. The van der Waals surface area contributed by atoms with Crippen molar-refractivity contribution in [2.45, 2.75) is 51.5 Å². The van der Waals surface area contributed by atoms with Crippen LogP contribution in [0, 0.1) is 5.92 Å². The minimum Gasteiger partial charge on any atom is -0.497 e. The first-order valence-electron chi connectivity index (χ1n) is 12.5. The molecule has 1 heterocycles. The van der Waals surface area contributed by atoms with Crippen LogP contribution in [0.2, 0.25) is 0 Å². The lowest BCUT2D eigenvalue weighted by Crippen LogP contribution is -2.39. The van der Waals surface area contributed by atoms with Crippen LogP contribution in [0.1, 0.15) is 57.3 Å². The summed E-state index contributed by atoms with van der Waals surface area (Å²) in [6.07, 6.45) is 6.36. The summed E-state index contributed by atoms with van der Waals surface area (Å²) in [7, 11) is 3.24. The Hall–Kier alpha value is -3.19. The van der Waals surface area contributed by atoms with Crippen molar-refractivity contribution in [2.75, 3.05) is 27.4 Å². The number of benzene rings is 2. The lowest BCUT2D eigenvalue weighted by atomic mass is 10.0. The van der Waals surface area contributed by atoms with Gasteiger partial charge >= 0.3 is 0 Å². The first-order valence-corrected chi connectivity index (χ1v) is 12.5. The van der Waals surface area contributed by atoms with Crippen LogP contribution in [0.3, 0.4) is 0 Å². The van der Waals surface area contributed by atoms with Crippen LogP contribution in [0.5, 0.6) is 5.75 Å². The van der Waals surface area contributed by atoms with Crippen molar-refractivity contribution in [3.63, 3.8) is 0 Å². The number of fused-ring (bicyclic) bond motifs is 1. The van der Waals surface area contributed by atoms with Gasteiger partial charge < -0.3 is 14.4 Å². The van der Waals surface area contributed by atoms with Crippen LogP contribution in [-0.4, -0.2) is 47.7 Å². The number of aromatic nitrogens is 2. The van der Waals surface area contributed by atoms with Crippen molar-refractivity contribution in [1.82, 2.24) is 14.5 Å². The predicted molar refractivity (Wildman–Crippen MR) is 137 cm³/mol. The van der Waals surface area contributed by atoms with Gasteiger partial charge in [0.15, 0.2) is 0 Å². The molecule has 1 aliphatic carbocycles. The molecular weight excluding hydrogens is 442 g/mol. The number of rotatable bonds is 10. The van der Waals surface area contributed by atoms with Gasteiger partial charge in [-0.15, -0.1) is 0 Å². The highest BCUT2D eigenvalue weighted by atomic mass is 16.5. The van der Waals surface area contributed by atoms with Crippen molar-refractivity contribution in [2.24, 2.45) is 5.92 Å². The van der Waals surface area contributed by atoms with E-state index in [1.807, 2.05) is 54.3 Å². The molecule has 0 saturated heterocycles. The Kier molecular flexibility index (Phi) is 8.18. The summed E-state index contributed by atoms with van der Waals surface area (Å²) in [5.74, 6) is 1.94. The maximum Gasteiger partial charge on any atom is 0.266 e. The second kappa shape index (κ2) is 11.5. The van der Waals surface area contributed by atoms with E-state index in [1.54, 1.807) is 24.9 Å². The minimum absolute atomic E-state index is 0.0742. The van der Waals surface area contributed by atoms with E-state index in [2.05, 4.69) is 0 Å².